The number of hydrogen-bond donors (Lipinski definition) is 4. The molecule has 0 bridgehead atoms. The van der Waals surface area contributed by atoms with Crippen LogP contribution >= 0.6 is 0 Å². The Morgan fingerprint density at radius 1 is 0.778 bits per heavy atom. The van der Waals surface area contributed by atoms with Crippen LogP contribution in [0.2, 0.25) is 0 Å². The van der Waals surface area contributed by atoms with Crippen molar-refractivity contribution < 1.29 is 0 Å². The third-order valence-electron chi connectivity index (χ3n) is 7.07. The summed E-state index contributed by atoms with van der Waals surface area (Å²) in [6.07, 6.45) is 8.14. The van der Waals surface area contributed by atoms with Crippen molar-refractivity contribution in [3.05, 3.63) is 36.4 Å². The maximum atomic E-state index is 4.99. The van der Waals surface area contributed by atoms with E-state index in [1.54, 1.807) is 0 Å². The Kier molecular flexibility index (Phi) is 3.66. The summed E-state index contributed by atoms with van der Waals surface area (Å²) in [6.45, 7) is 0. The first-order valence-corrected chi connectivity index (χ1v) is 10.5. The van der Waals surface area contributed by atoms with Gasteiger partial charge in [-0.05, 0) is 42.2 Å². The van der Waals surface area contributed by atoms with E-state index in [1.807, 2.05) is 0 Å². The van der Waals surface area contributed by atoms with E-state index < -0.39 is 0 Å². The van der Waals surface area contributed by atoms with Crippen molar-refractivity contribution >= 4 is 28.1 Å². The number of guanidine groups is 1. The molecule has 5 nitrogen and oxygen atoms in total. The number of aliphatic imine (C=N–C) groups is 1. The number of nitrogens with zero attached hydrogens (tertiary/aromatic N) is 1. The predicted molar refractivity (Wildman–Crippen MR) is 111 cm³/mol. The second-order valence-corrected chi connectivity index (χ2v) is 8.59. The second kappa shape index (κ2) is 6.21. The maximum Gasteiger partial charge on any atom is 0.203 e. The molecule has 2 saturated carbocycles. The van der Waals surface area contributed by atoms with Crippen LogP contribution in [0.25, 0.3) is 10.8 Å². The van der Waals surface area contributed by atoms with E-state index in [4.69, 9.17) is 4.99 Å². The Balaban J connectivity index is 1.28. The highest BCUT2D eigenvalue weighted by Crippen LogP contribution is 2.42. The third-order valence-corrected chi connectivity index (χ3v) is 7.07. The fourth-order valence-electron chi connectivity index (χ4n) is 6.00. The van der Waals surface area contributed by atoms with Crippen molar-refractivity contribution in [1.82, 2.24) is 10.6 Å². The van der Waals surface area contributed by atoms with Crippen LogP contribution in [0.5, 0.6) is 0 Å². The summed E-state index contributed by atoms with van der Waals surface area (Å²) in [5, 5.41) is 17.1. The van der Waals surface area contributed by atoms with Gasteiger partial charge >= 0.3 is 0 Å². The molecule has 2 aliphatic carbocycles. The van der Waals surface area contributed by atoms with E-state index in [0.29, 0.717) is 12.1 Å². The van der Waals surface area contributed by atoms with Gasteiger partial charge in [0, 0.05) is 17.5 Å². The number of nitrogens with one attached hydrogen (secondary N) is 4. The van der Waals surface area contributed by atoms with Crippen molar-refractivity contribution in [3.8, 4) is 0 Å². The van der Waals surface area contributed by atoms with E-state index in [0.717, 1.165) is 29.2 Å². The topological polar surface area (TPSA) is 60.5 Å². The van der Waals surface area contributed by atoms with Gasteiger partial charge in [-0.2, -0.15) is 0 Å². The van der Waals surface area contributed by atoms with E-state index in [9.17, 15) is 0 Å². The molecule has 140 valence electrons. The normalized spacial score (nSPS) is 34.4. The van der Waals surface area contributed by atoms with Gasteiger partial charge in [0.05, 0.1) is 11.4 Å². The average Bonchev–Trinajstić information content (AvgIpc) is 2.69. The predicted octanol–water partition coefficient (Wildman–Crippen LogP) is 3.85. The molecule has 2 atom stereocenters. The fourth-order valence-corrected chi connectivity index (χ4v) is 6.00. The van der Waals surface area contributed by atoms with Crippen LogP contribution in [0.15, 0.2) is 41.4 Å². The minimum Gasteiger partial charge on any atom is -0.325 e. The Bertz CT molecular complexity index is 844. The minimum absolute atomic E-state index is 0.0208. The van der Waals surface area contributed by atoms with Crippen LogP contribution in [0.3, 0.4) is 0 Å². The van der Waals surface area contributed by atoms with Gasteiger partial charge < -0.3 is 10.6 Å². The first-order valence-electron chi connectivity index (χ1n) is 10.5. The summed E-state index contributed by atoms with van der Waals surface area (Å²) in [7, 11) is 0. The molecule has 0 spiro atoms. The molecule has 0 amide bonds. The summed E-state index contributed by atoms with van der Waals surface area (Å²) >= 11 is 0. The summed E-state index contributed by atoms with van der Waals surface area (Å²) in [4.78, 5) is 4.99. The highest BCUT2D eigenvalue weighted by atomic mass is 15.3. The zero-order valence-electron chi connectivity index (χ0n) is 15.5. The third kappa shape index (κ3) is 2.64. The monoisotopic (exact) mass is 361 g/mol. The van der Waals surface area contributed by atoms with Crippen molar-refractivity contribution in [2.45, 2.75) is 56.9 Å². The molecule has 6 rings (SSSR count). The van der Waals surface area contributed by atoms with E-state index in [1.165, 1.54) is 49.3 Å². The summed E-state index contributed by atoms with van der Waals surface area (Å²) in [6, 6.07) is 14.0. The van der Waals surface area contributed by atoms with Crippen molar-refractivity contribution in [2.24, 2.45) is 16.8 Å². The summed E-state index contributed by atoms with van der Waals surface area (Å²) < 4.78 is 0. The molecule has 27 heavy (non-hydrogen) atoms. The van der Waals surface area contributed by atoms with Crippen LogP contribution < -0.4 is 21.3 Å². The lowest BCUT2D eigenvalue weighted by Gasteiger charge is -2.51. The van der Waals surface area contributed by atoms with Gasteiger partial charge in [-0.15, -0.1) is 0 Å². The van der Waals surface area contributed by atoms with Crippen molar-refractivity contribution in [1.29, 1.82) is 0 Å². The molecule has 3 fully saturated rings. The number of anilines is 2. The largest absolute Gasteiger partial charge is 0.325 e. The number of hydrogen-bond acceptors (Lipinski definition) is 3. The first kappa shape index (κ1) is 15.9. The van der Waals surface area contributed by atoms with Crippen LogP contribution in [-0.4, -0.2) is 24.3 Å². The molecular weight excluding hydrogens is 334 g/mol. The molecular formula is C22H27N5. The average molecular weight is 361 g/mol. The molecule has 5 heteroatoms. The summed E-state index contributed by atoms with van der Waals surface area (Å²) in [5.74, 6) is 2.53. The molecule has 2 aromatic rings. The molecule has 0 aromatic heterocycles. The zero-order chi connectivity index (χ0) is 17.8. The van der Waals surface area contributed by atoms with Crippen LogP contribution in [0, 0.1) is 11.8 Å². The maximum absolute atomic E-state index is 4.99. The van der Waals surface area contributed by atoms with Gasteiger partial charge in [0.1, 0.15) is 0 Å². The van der Waals surface area contributed by atoms with Gasteiger partial charge in [0.15, 0.2) is 6.29 Å². The Labute approximate surface area is 160 Å². The van der Waals surface area contributed by atoms with E-state index >= 15 is 0 Å². The molecule has 2 unspecified atom stereocenters. The van der Waals surface area contributed by atoms with Gasteiger partial charge in [-0.1, -0.05) is 49.9 Å². The van der Waals surface area contributed by atoms with E-state index in [-0.39, 0.29) is 6.29 Å². The second-order valence-electron chi connectivity index (χ2n) is 8.59. The van der Waals surface area contributed by atoms with Crippen molar-refractivity contribution in [2.75, 3.05) is 10.6 Å². The highest BCUT2D eigenvalue weighted by molar-refractivity contribution is 6.19. The highest BCUT2D eigenvalue weighted by Gasteiger charge is 2.45. The number of rotatable bonds is 1. The van der Waals surface area contributed by atoms with Gasteiger partial charge in [0.2, 0.25) is 5.96 Å². The lowest BCUT2D eigenvalue weighted by Crippen LogP contribution is -2.66. The molecule has 2 aromatic carbocycles. The quantitative estimate of drug-likeness (QED) is 0.623. The number of benzene rings is 2. The van der Waals surface area contributed by atoms with Crippen molar-refractivity contribution in [3.63, 3.8) is 0 Å². The van der Waals surface area contributed by atoms with Gasteiger partial charge in [-0.3, -0.25) is 10.6 Å². The fraction of sp³-hybridized carbons (Fsp3) is 0.500. The van der Waals surface area contributed by atoms with Gasteiger partial charge in [0.25, 0.3) is 0 Å². The zero-order valence-corrected chi connectivity index (χ0v) is 15.5. The lowest BCUT2D eigenvalue weighted by atomic mass is 9.65. The standard InChI is InChI=1S/C22H27N5/c1-5-13-6-2-10-16-19(13)15(9-1)23-21(24-16)27-22-25-17-11-3-7-14-8-4-12-18(26-22)20(14)17/h1-2,5-6,9-10,14,17-18,20,22,25-26H,3-4,7-8,11-12H2,(H2,23,24,27). The molecule has 4 aliphatic rings. The van der Waals surface area contributed by atoms with E-state index in [2.05, 4.69) is 57.7 Å². The first-order chi connectivity index (χ1) is 13.3. The smallest absolute Gasteiger partial charge is 0.203 e. The molecule has 2 heterocycles. The minimum atomic E-state index is -0.0208. The molecule has 0 radical (unpaired) electrons. The SMILES string of the molecule is c1cc2c3c(cccc3c1)NC(=NC1NC3CCCC4CCCC(N1)C43)N2. The van der Waals surface area contributed by atoms with Crippen LogP contribution in [0.1, 0.15) is 38.5 Å². The van der Waals surface area contributed by atoms with Crippen LogP contribution in [-0.2, 0) is 0 Å². The molecule has 2 aliphatic heterocycles. The van der Waals surface area contributed by atoms with Gasteiger partial charge in [-0.25, -0.2) is 4.99 Å². The Morgan fingerprint density at radius 3 is 2.04 bits per heavy atom. The Morgan fingerprint density at radius 2 is 1.41 bits per heavy atom. The lowest BCUT2D eigenvalue weighted by molar-refractivity contribution is 0.0391. The van der Waals surface area contributed by atoms with Crippen LogP contribution in [0.4, 0.5) is 11.4 Å². The Hall–Kier alpha value is -2.11. The molecule has 4 N–H and O–H groups in total. The summed E-state index contributed by atoms with van der Waals surface area (Å²) in [5.41, 5.74) is 2.26. The molecule has 1 saturated heterocycles.